The summed E-state index contributed by atoms with van der Waals surface area (Å²) in [5, 5.41) is 2.91. The zero-order valence-electron chi connectivity index (χ0n) is 8.90. The van der Waals surface area contributed by atoms with Gasteiger partial charge in [0.25, 0.3) is 0 Å². The summed E-state index contributed by atoms with van der Waals surface area (Å²) in [5.74, 6) is 0.0839. The van der Waals surface area contributed by atoms with Crippen LogP contribution in [0.2, 0.25) is 0 Å². The Labute approximate surface area is 75.7 Å². The molecule has 0 heterocycles. The van der Waals surface area contributed by atoms with Crippen LogP contribution in [0.4, 0.5) is 0 Å². The lowest BCUT2D eigenvalue weighted by molar-refractivity contribution is -0.119. The van der Waals surface area contributed by atoms with E-state index in [9.17, 15) is 4.79 Å². The van der Waals surface area contributed by atoms with Crippen LogP contribution in [-0.4, -0.2) is 11.9 Å². The summed E-state index contributed by atoms with van der Waals surface area (Å²) in [4.78, 5) is 10.6. The number of rotatable bonds is 2. The largest absolute Gasteiger partial charge is 0.353 e. The molecule has 1 rings (SSSR count). The van der Waals surface area contributed by atoms with E-state index in [0.29, 0.717) is 11.5 Å². The quantitative estimate of drug-likeness (QED) is 0.679. The van der Waals surface area contributed by atoms with Crippen molar-refractivity contribution in [1.29, 1.82) is 0 Å². The Hall–Kier alpha value is -0.530. The summed E-state index contributed by atoms with van der Waals surface area (Å²) < 4.78 is 0. The standard InChI is InChI=1S/C8H15NO.C2H6/c1-6(9-7(2)10)8(3)4-5-8;1-2/h6H,4-5H2,1-3H3,(H,9,10);1-2H3. The molecular weight excluding hydrogens is 150 g/mol. The van der Waals surface area contributed by atoms with Gasteiger partial charge in [-0.15, -0.1) is 0 Å². The van der Waals surface area contributed by atoms with Gasteiger partial charge in [0, 0.05) is 13.0 Å². The fourth-order valence-corrected chi connectivity index (χ4v) is 1.11. The van der Waals surface area contributed by atoms with Gasteiger partial charge < -0.3 is 5.32 Å². The van der Waals surface area contributed by atoms with E-state index in [1.165, 1.54) is 12.8 Å². The fraction of sp³-hybridized carbons (Fsp3) is 0.900. The van der Waals surface area contributed by atoms with Crippen molar-refractivity contribution in [2.75, 3.05) is 0 Å². The molecule has 1 unspecified atom stereocenters. The molecule has 0 aromatic rings. The average Bonchev–Trinajstić information content (AvgIpc) is 2.72. The van der Waals surface area contributed by atoms with Crippen LogP contribution in [-0.2, 0) is 4.79 Å². The molecule has 1 aliphatic carbocycles. The lowest BCUT2D eigenvalue weighted by Gasteiger charge is -2.18. The molecule has 12 heavy (non-hydrogen) atoms. The van der Waals surface area contributed by atoms with Crippen molar-refractivity contribution >= 4 is 5.91 Å². The Balaban J connectivity index is 0.000000561. The molecule has 1 saturated carbocycles. The van der Waals surface area contributed by atoms with Crippen molar-refractivity contribution < 1.29 is 4.79 Å². The summed E-state index contributed by atoms with van der Waals surface area (Å²) in [5.41, 5.74) is 0.408. The van der Waals surface area contributed by atoms with Crippen LogP contribution in [0, 0.1) is 5.41 Å². The Morgan fingerprint density at radius 3 is 2.08 bits per heavy atom. The van der Waals surface area contributed by atoms with Gasteiger partial charge in [-0.05, 0) is 25.2 Å². The molecule has 1 atom stereocenters. The Kier molecular flexibility index (Phi) is 4.29. The molecule has 2 heteroatoms. The molecule has 0 aromatic carbocycles. The maximum absolute atomic E-state index is 10.6. The SMILES string of the molecule is CC.CC(=O)NC(C)C1(C)CC1. The van der Waals surface area contributed by atoms with Crippen LogP contribution in [0.1, 0.15) is 47.5 Å². The number of nitrogens with one attached hydrogen (secondary N) is 1. The highest BCUT2D eigenvalue weighted by atomic mass is 16.1. The third kappa shape index (κ3) is 3.24. The minimum Gasteiger partial charge on any atom is -0.353 e. The van der Waals surface area contributed by atoms with Crippen molar-refractivity contribution in [3.8, 4) is 0 Å². The first-order valence-electron chi connectivity index (χ1n) is 4.82. The predicted molar refractivity (Wildman–Crippen MR) is 52.0 cm³/mol. The minimum atomic E-state index is 0.0839. The van der Waals surface area contributed by atoms with E-state index in [1.807, 2.05) is 13.8 Å². The first-order chi connectivity index (χ1) is 5.54. The Morgan fingerprint density at radius 2 is 1.83 bits per heavy atom. The lowest BCUT2D eigenvalue weighted by atomic mass is 10.0. The van der Waals surface area contributed by atoms with Crippen molar-refractivity contribution in [3.05, 3.63) is 0 Å². The van der Waals surface area contributed by atoms with Gasteiger partial charge in [-0.1, -0.05) is 20.8 Å². The third-order valence-electron chi connectivity index (χ3n) is 2.50. The van der Waals surface area contributed by atoms with Gasteiger partial charge in [0.1, 0.15) is 0 Å². The highest BCUT2D eigenvalue weighted by Crippen LogP contribution is 2.47. The molecule has 1 fully saturated rings. The number of amides is 1. The molecule has 1 amide bonds. The summed E-state index contributed by atoms with van der Waals surface area (Å²) in [6.07, 6.45) is 2.52. The van der Waals surface area contributed by atoms with E-state index in [1.54, 1.807) is 6.92 Å². The first kappa shape index (κ1) is 11.5. The zero-order chi connectivity index (χ0) is 9.78. The van der Waals surface area contributed by atoms with Crippen molar-refractivity contribution in [2.24, 2.45) is 5.41 Å². The molecule has 0 bridgehead atoms. The molecule has 0 spiro atoms. The van der Waals surface area contributed by atoms with Gasteiger partial charge in [-0.3, -0.25) is 4.79 Å². The number of carbonyl (C=O) groups is 1. The predicted octanol–water partition coefficient (Wildman–Crippen LogP) is 2.34. The molecule has 72 valence electrons. The first-order valence-corrected chi connectivity index (χ1v) is 4.82. The highest BCUT2D eigenvalue weighted by Gasteiger charge is 2.42. The van der Waals surface area contributed by atoms with Crippen LogP contribution in [0.3, 0.4) is 0 Å². The Bertz CT molecular complexity index is 150. The van der Waals surface area contributed by atoms with E-state index in [-0.39, 0.29) is 5.91 Å². The Morgan fingerprint density at radius 1 is 1.42 bits per heavy atom. The van der Waals surface area contributed by atoms with E-state index in [0.717, 1.165) is 0 Å². The maximum atomic E-state index is 10.6. The second kappa shape index (κ2) is 4.48. The van der Waals surface area contributed by atoms with Gasteiger partial charge in [-0.25, -0.2) is 0 Å². The van der Waals surface area contributed by atoms with Crippen molar-refractivity contribution in [3.63, 3.8) is 0 Å². The molecular formula is C10H21NO. The molecule has 0 radical (unpaired) electrons. The number of carbonyl (C=O) groups excluding carboxylic acids is 1. The highest BCUT2D eigenvalue weighted by molar-refractivity contribution is 5.73. The molecule has 0 saturated heterocycles. The van der Waals surface area contributed by atoms with Gasteiger partial charge in [0.05, 0.1) is 0 Å². The summed E-state index contributed by atoms with van der Waals surface area (Å²) in [7, 11) is 0. The topological polar surface area (TPSA) is 29.1 Å². The van der Waals surface area contributed by atoms with Crippen molar-refractivity contribution in [1.82, 2.24) is 5.32 Å². The molecule has 2 nitrogen and oxygen atoms in total. The smallest absolute Gasteiger partial charge is 0.217 e. The van der Waals surface area contributed by atoms with E-state index in [2.05, 4.69) is 19.2 Å². The molecule has 0 aromatic heterocycles. The summed E-state index contributed by atoms with van der Waals surface area (Å²) in [6.45, 7) is 9.87. The zero-order valence-corrected chi connectivity index (χ0v) is 8.90. The minimum absolute atomic E-state index is 0.0839. The van der Waals surface area contributed by atoms with Crippen LogP contribution in [0.15, 0.2) is 0 Å². The average molecular weight is 171 g/mol. The van der Waals surface area contributed by atoms with Gasteiger partial charge in [-0.2, -0.15) is 0 Å². The van der Waals surface area contributed by atoms with Crippen molar-refractivity contribution in [2.45, 2.75) is 53.5 Å². The van der Waals surface area contributed by atoms with Gasteiger partial charge in [0.2, 0.25) is 5.91 Å². The normalized spacial score (nSPS) is 20.1. The molecule has 1 N–H and O–H groups in total. The fourth-order valence-electron chi connectivity index (χ4n) is 1.11. The van der Waals surface area contributed by atoms with Crippen LogP contribution in [0.25, 0.3) is 0 Å². The van der Waals surface area contributed by atoms with Gasteiger partial charge >= 0.3 is 0 Å². The lowest BCUT2D eigenvalue weighted by Crippen LogP contribution is -2.36. The summed E-state index contributed by atoms with van der Waals surface area (Å²) >= 11 is 0. The number of hydrogen-bond acceptors (Lipinski definition) is 1. The van der Waals surface area contributed by atoms with Crippen LogP contribution < -0.4 is 5.32 Å². The van der Waals surface area contributed by atoms with Gasteiger partial charge in [0.15, 0.2) is 0 Å². The third-order valence-corrected chi connectivity index (χ3v) is 2.50. The second-order valence-corrected chi connectivity index (χ2v) is 3.58. The summed E-state index contributed by atoms with van der Waals surface area (Å²) in [6, 6.07) is 0.352. The van der Waals surface area contributed by atoms with Crippen LogP contribution >= 0.6 is 0 Å². The van der Waals surface area contributed by atoms with E-state index in [4.69, 9.17) is 0 Å². The monoisotopic (exact) mass is 171 g/mol. The maximum Gasteiger partial charge on any atom is 0.217 e. The van der Waals surface area contributed by atoms with E-state index >= 15 is 0 Å². The second-order valence-electron chi connectivity index (χ2n) is 3.58. The van der Waals surface area contributed by atoms with Crippen LogP contribution in [0.5, 0.6) is 0 Å². The molecule has 1 aliphatic rings. The van der Waals surface area contributed by atoms with E-state index < -0.39 is 0 Å². The molecule has 0 aliphatic heterocycles. The number of hydrogen-bond donors (Lipinski definition) is 1.